The molecule has 0 bridgehead atoms. The third-order valence-corrected chi connectivity index (χ3v) is 4.01. The second-order valence-electron chi connectivity index (χ2n) is 5.21. The summed E-state index contributed by atoms with van der Waals surface area (Å²) in [5.41, 5.74) is 5.75. The summed E-state index contributed by atoms with van der Waals surface area (Å²) in [5, 5.41) is 5.61. The minimum absolute atomic E-state index is 1.10. The molecule has 0 amide bonds. The van der Waals surface area contributed by atoms with E-state index in [-0.39, 0.29) is 0 Å². The summed E-state index contributed by atoms with van der Waals surface area (Å²) in [5.74, 6) is 0. The molecule has 1 nitrogen and oxygen atoms in total. The Balaban J connectivity index is 2.38. The molecule has 0 saturated heterocycles. The molecule has 0 aliphatic heterocycles. The summed E-state index contributed by atoms with van der Waals surface area (Å²) < 4.78 is 0. The highest BCUT2D eigenvalue weighted by molar-refractivity contribution is 6.03. The molecule has 0 saturated carbocycles. The molecule has 0 aliphatic rings. The molecule has 3 rings (SSSR count). The van der Waals surface area contributed by atoms with E-state index < -0.39 is 0 Å². The Kier molecular flexibility index (Phi) is 3.80. The number of rotatable bonds is 4. The topological polar surface area (TPSA) is 12.0 Å². The van der Waals surface area contributed by atoms with Gasteiger partial charge in [-0.2, -0.15) is 0 Å². The number of hydrogen-bond donors (Lipinski definition) is 1. The summed E-state index contributed by atoms with van der Waals surface area (Å²) in [7, 11) is 1.93. The van der Waals surface area contributed by atoms with Crippen LogP contribution in [-0.4, -0.2) is 7.05 Å². The third-order valence-electron chi connectivity index (χ3n) is 4.01. The zero-order valence-corrected chi connectivity index (χ0v) is 12.8. The average molecular weight is 285 g/mol. The first kappa shape index (κ1) is 14.2. The van der Waals surface area contributed by atoms with E-state index in [4.69, 9.17) is 0 Å². The van der Waals surface area contributed by atoms with Gasteiger partial charge in [-0.1, -0.05) is 61.7 Å². The lowest BCUT2D eigenvalue weighted by molar-refractivity contribution is 1.51. The fourth-order valence-electron chi connectivity index (χ4n) is 2.89. The zero-order chi connectivity index (χ0) is 15.5. The standard InChI is InChI=1S/C21H19N/c1-4-15-14-17-8-6-7-9-20(17)21(19(15)5-2)16-10-12-18(22-3)13-11-16/h4-14,22H,1-2H2,3H3. The molecular formula is C21H19N. The second-order valence-corrected chi connectivity index (χ2v) is 5.21. The molecule has 1 heteroatoms. The number of benzene rings is 3. The van der Waals surface area contributed by atoms with Crippen molar-refractivity contribution < 1.29 is 0 Å². The van der Waals surface area contributed by atoms with Crippen LogP contribution in [0.4, 0.5) is 5.69 Å². The third kappa shape index (κ3) is 2.31. The highest BCUT2D eigenvalue weighted by Gasteiger charge is 2.11. The first-order valence-electron chi connectivity index (χ1n) is 7.37. The maximum atomic E-state index is 4.01. The number of fused-ring (bicyclic) bond motifs is 1. The predicted octanol–water partition coefficient (Wildman–Crippen LogP) is 5.83. The maximum absolute atomic E-state index is 4.01. The van der Waals surface area contributed by atoms with Gasteiger partial charge in [0.25, 0.3) is 0 Å². The average Bonchev–Trinajstić information content (AvgIpc) is 2.60. The molecule has 0 aromatic heterocycles. The maximum Gasteiger partial charge on any atom is 0.0337 e. The lowest BCUT2D eigenvalue weighted by Gasteiger charge is -2.15. The van der Waals surface area contributed by atoms with Crippen molar-refractivity contribution in [1.29, 1.82) is 0 Å². The molecule has 22 heavy (non-hydrogen) atoms. The van der Waals surface area contributed by atoms with E-state index in [9.17, 15) is 0 Å². The molecule has 0 atom stereocenters. The van der Waals surface area contributed by atoms with Crippen LogP contribution >= 0.6 is 0 Å². The molecule has 0 spiro atoms. The van der Waals surface area contributed by atoms with Crippen LogP contribution in [0, 0.1) is 0 Å². The summed E-state index contributed by atoms with van der Waals surface area (Å²) in [6.45, 7) is 7.96. The van der Waals surface area contributed by atoms with Crippen molar-refractivity contribution in [2.45, 2.75) is 0 Å². The summed E-state index contributed by atoms with van der Waals surface area (Å²) in [4.78, 5) is 0. The lowest BCUT2D eigenvalue weighted by atomic mass is 9.89. The van der Waals surface area contributed by atoms with Gasteiger partial charge < -0.3 is 5.32 Å². The van der Waals surface area contributed by atoms with Crippen LogP contribution in [0.1, 0.15) is 11.1 Å². The van der Waals surface area contributed by atoms with Crippen LogP contribution in [0.3, 0.4) is 0 Å². The lowest BCUT2D eigenvalue weighted by Crippen LogP contribution is -1.92. The van der Waals surface area contributed by atoms with Gasteiger partial charge in [0, 0.05) is 12.7 Å². The Labute approximate surface area is 131 Å². The summed E-state index contributed by atoms with van der Waals surface area (Å²) in [6, 6.07) is 19.1. The van der Waals surface area contributed by atoms with E-state index in [1.807, 2.05) is 19.2 Å². The highest BCUT2D eigenvalue weighted by atomic mass is 14.8. The fraction of sp³-hybridized carbons (Fsp3) is 0.0476. The molecule has 0 unspecified atom stereocenters. The number of hydrogen-bond acceptors (Lipinski definition) is 1. The van der Waals surface area contributed by atoms with E-state index in [0.717, 1.165) is 16.8 Å². The Morgan fingerprint density at radius 2 is 1.64 bits per heavy atom. The Morgan fingerprint density at radius 3 is 2.27 bits per heavy atom. The van der Waals surface area contributed by atoms with E-state index in [0.29, 0.717) is 0 Å². The summed E-state index contributed by atoms with van der Waals surface area (Å²) in [6.07, 6.45) is 3.82. The van der Waals surface area contributed by atoms with Gasteiger partial charge in [-0.05, 0) is 51.2 Å². The molecule has 0 fully saturated rings. The first-order chi connectivity index (χ1) is 10.8. The van der Waals surface area contributed by atoms with Crippen molar-refractivity contribution in [3.05, 3.63) is 78.9 Å². The van der Waals surface area contributed by atoms with Gasteiger partial charge in [0.05, 0.1) is 0 Å². The van der Waals surface area contributed by atoms with E-state index in [1.165, 1.54) is 21.9 Å². The van der Waals surface area contributed by atoms with E-state index in [2.05, 4.69) is 73.1 Å². The quantitative estimate of drug-likeness (QED) is 0.635. The van der Waals surface area contributed by atoms with Crippen molar-refractivity contribution in [3.8, 4) is 11.1 Å². The van der Waals surface area contributed by atoms with Crippen LogP contribution < -0.4 is 5.32 Å². The molecule has 0 aliphatic carbocycles. The van der Waals surface area contributed by atoms with Crippen LogP contribution in [0.5, 0.6) is 0 Å². The van der Waals surface area contributed by atoms with Gasteiger partial charge in [-0.15, -0.1) is 0 Å². The Hall–Kier alpha value is -2.80. The van der Waals surface area contributed by atoms with Gasteiger partial charge in [0.15, 0.2) is 0 Å². The van der Waals surface area contributed by atoms with Gasteiger partial charge in [0.1, 0.15) is 0 Å². The SMILES string of the molecule is C=Cc1cc2ccccc2c(-c2ccc(NC)cc2)c1C=C. The van der Waals surface area contributed by atoms with Crippen molar-refractivity contribution >= 4 is 28.6 Å². The molecule has 3 aromatic carbocycles. The zero-order valence-electron chi connectivity index (χ0n) is 12.8. The van der Waals surface area contributed by atoms with Gasteiger partial charge in [0.2, 0.25) is 0 Å². The molecule has 3 aromatic rings. The van der Waals surface area contributed by atoms with Gasteiger partial charge in [-0.3, -0.25) is 0 Å². The first-order valence-corrected chi connectivity index (χ1v) is 7.37. The van der Waals surface area contributed by atoms with Crippen molar-refractivity contribution in [1.82, 2.24) is 0 Å². The molecule has 0 heterocycles. The van der Waals surface area contributed by atoms with Crippen molar-refractivity contribution in [3.63, 3.8) is 0 Å². The fourth-order valence-corrected chi connectivity index (χ4v) is 2.89. The minimum Gasteiger partial charge on any atom is -0.388 e. The number of nitrogens with one attached hydrogen (secondary N) is 1. The normalized spacial score (nSPS) is 10.4. The largest absolute Gasteiger partial charge is 0.388 e. The van der Waals surface area contributed by atoms with E-state index >= 15 is 0 Å². The van der Waals surface area contributed by atoms with Crippen LogP contribution in [-0.2, 0) is 0 Å². The number of anilines is 1. The predicted molar refractivity (Wildman–Crippen MR) is 99.1 cm³/mol. The molecular weight excluding hydrogens is 266 g/mol. The molecule has 0 radical (unpaired) electrons. The molecule has 108 valence electrons. The highest BCUT2D eigenvalue weighted by Crippen LogP contribution is 2.36. The summed E-state index contributed by atoms with van der Waals surface area (Å²) >= 11 is 0. The van der Waals surface area contributed by atoms with Crippen LogP contribution in [0.25, 0.3) is 34.1 Å². The molecule has 1 N–H and O–H groups in total. The van der Waals surface area contributed by atoms with Gasteiger partial charge >= 0.3 is 0 Å². The second kappa shape index (κ2) is 5.90. The van der Waals surface area contributed by atoms with E-state index in [1.54, 1.807) is 0 Å². The Bertz CT molecular complexity index is 842. The minimum atomic E-state index is 1.10. The van der Waals surface area contributed by atoms with Crippen molar-refractivity contribution in [2.75, 3.05) is 12.4 Å². The Morgan fingerprint density at radius 1 is 0.909 bits per heavy atom. The van der Waals surface area contributed by atoms with Crippen molar-refractivity contribution in [2.24, 2.45) is 0 Å². The monoisotopic (exact) mass is 285 g/mol. The van der Waals surface area contributed by atoms with Crippen LogP contribution in [0.15, 0.2) is 67.8 Å². The van der Waals surface area contributed by atoms with Crippen LogP contribution in [0.2, 0.25) is 0 Å². The smallest absolute Gasteiger partial charge is 0.0337 e. The van der Waals surface area contributed by atoms with Gasteiger partial charge in [-0.25, -0.2) is 0 Å².